The monoisotopic (exact) mass is 77.0 g/mol. The van der Waals surface area contributed by atoms with Crippen LogP contribution in [0.15, 0.2) is 4.99 Å². The van der Waals surface area contributed by atoms with Crippen LogP contribution in [-0.2, 0) is 0 Å². The third-order valence-corrected chi connectivity index (χ3v) is 0.293. The topological polar surface area (TPSA) is 12.4 Å². The van der Waals surface area contributed by atoms with Gasteiger partial charge in [0.15, 0.2) is 0 Å². The highest BCUT2D eigenvalue weighted by atomic mass is 35.5. The Morgan fingerprint density at radius 2 is 2.25 bits per heavy atom. The van der Waals surface area contributed by atoms with Gasteiger partial charge < -0.3 is 0 Å². The van der Waals surface area contributed by atoms with Crippen molar-refractivity contribution in [3.05, 3.63) is 0 Å². The third kappa shape index (κ3) is 1.96. The summed E-state index contributed by atoms with van der Waals surface area (Å²) in [6, 6.07) is 0. The average Bonchev–Trinajstić information content (AvgIpc) is 1.37. The molecular formula is C2H4ClN. The zero-order chi connectivity index (χ0) is 3.41. The second-order valence-electron chi connectivity index (χ2n) is 0.356. The van der Waals surface area contributed by atoms with E-state index in [1.54, 1.807) is 7.05 Å². The molecule has 0 aliphatic carbocycles. The largest absolute Gasteiger partial charge is 0.284 e. The number of rotatable bonds is 0. The Morgan fingerprint density at radius 3 is 2.25 bits per heavy atom. The van der Waals surface area contributed by atoms with Crippen LogP contribution in [0.25, 0.3) is 0 Å². The van der Waals surface area contributed by atoms with E-state index >= 15 is 0 Å². The van der Waals surface area contributed by atoms with Gasteiger partial charge in [-0.25, -0.2) is 0 Å². The van der Waals surface area contributed by atoms with E-state index in [1.807, 2.05) is 0 Å². The van der Waals surface area contributed by atoms with E-state index < -0.39 is 0 Å². The molecule has 4 heavy (non-hydrogen) atoms. The summed E-state index contributed by atoms with van der Waals surface area (Å²) in [7, 11) is 1.62. The van der Waals surface area contributed by atoms with Crippen LogP contribution < -0.4 is 0 Å². The zero-order valence-electron chi connectivity index (χ0n) is 2.40. The van der Waals surface area contributed by atoms with E-state index in [0.717, 1.165) is 0 Å². The molecule has 0 amide bonds. The lowest BCUT2D eigenvalue weighted by Gasteiger charge is -1.50. The molecule has 0 saturated carbocycles. The van der Waals surface area contributed by atoms with Crippen molar-refractivity contribution in [2.75, 3.05) is 7.05 Å². The lowest BCUT2D eigenvalue weighted by atomic mass is 11.4. The molecule has 0 aliphatic heterocycles. The molecule has 0 unspecified atom stereocenters. The molecule has 0 aromatic carbocycles. The summed E-state index contributed by atoms with van der Waals surface area (Å²) in [4.78, 5) is 3.38. The van der Waals surface area contributed by atoms with Crippen LogP contribution in [0.1, 0.15) is 0 Å². The summed E-state index contributed by atoms with van der Waals surface area (Å²) in [5, 5.41) is 0. The number of halogens is 1. The highest BCUT2D eigenvalue weighted by Crippen LogP contribution is 1.54. The van der Waals surface area contributed by atoms with Gasteiger partial charge in [0.2, 0.25) is 0 Å². The van der Waals surface area contributed by atoms with Gasteiger partial charge in [-0.15, -0.1) is 0 Å². The molecule has 0 radical (unpaired) electrons. The highest BCUT2D eigenvalue weighted by Gasteiger charge is 1.36. The standard InChI is InChI=1S/C2H4ClN/c1-4-2-3/h2H,1H3/b4-2+. The van der Waals surface area contributed by atoms with E-state index in [4.69, 9.17) is 11.6 Å². The molecule has 2 heteroatoms. The molecule has 0 fully saturated rings. The number of aliphatic imine (C=N–C) groups is 1. The van der Waals surface area contributed by atoms with Crippen LogP contribution in [0, 0.1) is 0 Å². The lowest BCUT2D eigenvalue weighted by Crippen LogP contribution is -1.41. The maximum atomic E-state index is 4.89. The molecule has 0 N–H and O–H groups in total. The Balaban J connectivity index is 2.55. The summed E-state index contributed by atoms with van der Waals surface area (Å²) in [5.74, 6) is 0. The normalized spacial score (nSPS) is 9.50. The molecule has 0 rings (SSSR count). The smallest absolute Gasteiger partial charge is 0.0867 e. The minimum atomic E-state index is 1.22. The molecule has 1 nitrogen and oxygen atoms in total. The summed E-state index contributed by atoms with van der Waals surface area (Å²) >= 11 is 4.89. The summed E-state index contributed by atoms with van der Waals surface area (Å²) in [6.45, 7) is 0. The Morgan fingerprint density at radius 1 is 2.00 bits per heavy atom. The van der Waals surface area contributed by atoms with Crippen LogP contribution in [0.2, 0.25) is 0 Å². The van der Waals surface area contributed by atoms with Crippen molar-refractivity contribution in [2.24, 2.45) is 4.99 Å². The first kappa shape index (κ1) is 3.96. The van der Waals surface area contributed by atoms with Crippen LogP contribution in [0.3, 0.4) is 0 Å². The van der Waals surface area contributed by atoms with Gasteiger partial charge in [0.1, 0.15) is 0 Å². The first-order valence-electron chi connectivity index (χ1n) is 0.924. The molecule has 0 aromatic heterocycles. The molecule has 0 atom stereocenters. The van der Waals surface area contributed by atoms with Crippen molar-refractivity contribution < 1.29 is 0 Å². The fourth-order valence-electron chi connectivity index (χ4n) is 0. The average molecular weight is 77.5 g/mol. The summed E-state index contributed by atoms with van der Waals surface area (Å²) < 4.78 is 0. The van der Waals surface area contributed by atoms with Crippen LogP contribution in [0.4, 0.5) is 0 Å². The van der Waals surface area contributed by atoms with E-state index in [2.05, 4.69) is 4.99 Å². The fourth-order valence-corrected chi connectivity index (χ4v) is 0. The van der Waals surface area contributed by atoms with Gasteiger partial charge in [0, 0.05) is 7.05 Å². The van der Waals surface area contributed by atoms with Crippen molar-refractivity contribution >= 4 is 17.3 Å². The number of hydrogen-bond donors (Lipinski definition) is 0. The van der Waals surface area contributed by atoms with Gasteiger partial charge in [-0.1, -0.05) is 11.6 Å². The predicted molar refractivity (Wildman–Crippen MR) is 20.3 cm³/mol. The molecule has 0 saturated heterocycles. The maximum Gasteiger partial charge on any atom is 0.0867 e. The van der Waals surface area contributed by atoms with Crippen LogP contribution in [-0.4, -0.2) is 12.7 Å². The molecule has 0 aromatic rings. The summed E-state index contributed by atoms with van der Waals surface area (Å²) in [6.07, 6.45) is 0. The van der Waals surface area contributed by atoms with Gasteiger partial charge in [0.05, 0.1) is 5.67 Å². The minimum Gasteiger partial charge on any atom is -0.284 e. The molecule has 24 valence electrons. The summed E-state index contributed by atoms with van der Waals surface area (Å²) in [5.41, 5.74) is 1.22. The lowest BCUT2D eigenvalue weighted by molar-refractivity contribution is 1.49. The SMILES string of the molecule is C/N=C/Cl. The van der Waals surface area contributed by atoms with E-state index in [-0.39, 0.29) is 0 Å². The quantitative estimate of drug-likeness (QED) is 0.381. The Kier molecular flexibility index (Phi) is 2.93. The van der Waals surface area contributed by atoms with Crippen molar-refractivity contribution in [3.8, 4) is 0 Å². The minimum absolute atomic E-state index is 1.22. The van der Waals surface area contributed by atoms with Crippen LogP contribution in [0.5, 0.6) is 0 Å². The van der Waals surface area contributed by atoms with Gasteiger partial charge >= 0.3 is 0 Å². The number of nitrogens with zero attached hydrogens (tertiary/aromatic N) is 1. The second kappa shape index (κ2) is 2.96. The van der Waals surface area contributed by atoms with Gasteiger partial charge in [-0.3, -0.25) is 4.99 Å². The van der Waals surface area contributed by atoms with Crippen molar-refractivity contribution in [2.45, 2.75) is 0 Å². The van der Waals surface area contributed by atoms with Gasteiger partial charge in [-0.05, 0) is 0 Å². The molecule has 0 bridgehead atoms. The van der Waals surface area contributed by atoms with Crippen molar-refractivity contribution in [1.29, 1.82) is 0 Å². The number of hydrogen-bond acceptors (Lipinski definition) is 1. The molecule has 0 aliphatic rings. The fraction of sp³-hybridized carbons (Fsp3) is 0.500. The Bertz CT molecular complexity index is 21.2. The molecular weight excluding hydrogens is 73.5 g/mol. The van der Waals surface area contributed by atoms with Crippen molar-refractivity contribution in [3.63, 3.8) is 0 Å². The maximum absolute atomic E-state index is 4.89. The first-order chi connectivity index (χ1) is 1.91. The van der Waals surface area contributed by atoms with Crippen LogP contribution >= 0.6 is 11.6 Å². The Labute approximate surface area is 30.3 Å². The predicted octanol–water partition coefficient (Wildman–Crippen LogP) is 0.883. The second-order valence-corrected chi connectivity index (χ2v) is 0.551. The first-order valence-corrected chi connectivity index (χ1v) is 1.36. The highest BCUT2D eigenvalue weighted by molar-refractivity contribution is 6.56. The van der Waals surface area contributed by atoms with E-state index in [1.165, 1.54) is 5.67 Å². The zero-order valence-corrected chi connectivity index (χ0v) is 3.16. The molecule has 0 heterocycles. The Hall–Kier alpha value is -0.0400. The van der Waals surface area contributed by atoms with E-state index in [9.17, 15) is 0 Å². The van der Waals surface area contributed by atoms with Gasteiger partial charge in [0.25, 0.3) is 0 Å². The van der Waals surface area contributed by atoms with Crippen molar-refractivity contribution in [1.82, 2.24) is 0 Å². The molecule has 0 spiro atoms. The third-order valence-electron chi connectivity index (χ3n) is 0.0976. The van der Waals surface area contributed by atoms with Gasteiger partial charge in [-0.2, -0.15) is 0 Å². The van der Waals surface area contributed by atoms with E-state index in [0.29, 0.717) is 0 Å².